The van der Waals surface area contributed by atoms with Gasteiger partial charge in [-0.15, -0.1) is 11.3 Å². The Morgan fingerprint density at radius 3 is 2.80 bits per heavy atom. The molecule has 0 spiro atoms. The van der Waals surface area contributed by atoms with E-state index in [1.165, 1.54) is 37.7 Å². The Labute approximate surface area is 122 Å². The highest BCUT2D eigenvalue weighted by Crippen LogP contribution is 2.50. The molecular formula is C14H19N3O2S. The van der Waals surface area contributed by atoms with Gasteiger partial charge in [0.05, 0.1) is 12.8 Å². The minimum Gasteiger partial charge on any atom is -0.465 e. The second-order valence-corrected chi connectivity index (χ2v) is 6.28. The Bertz CT molecular complexity index is 556. The van der Waals surface area contributed by atoms with Crippen LogP contribution in [0.5, 0.6) is 0 Å². The summed E-state index contributed by atoms with van der Waals surface area (Å²) >= 11 is 1.22. The molecule has 0 radical (unpaired) electrons. The average Bonchev–Trinajstić information content (AvgIpc) is 3.13. The largest absolute Gasteiger partial charge is 0.465 e. The monoisotopic (exact) mass is 293 g/mol. The van der Waals surface area contributed by atoms with Crippen LogP contribution in [0, 0.1) is 16.7 Å². The molecule has 1 aliphatic carbocycles. The van der Waals surface area contributed by atoms with Crippen LogP contribution in [0.1, 0.15) is 47.8 Å². The number of thiophene rings is 1. The number of nitrogens with two attached hydrogens (primary N) is 1. The molecule has 1 fully saturated rings. The van der Waals surface area contributed by atoms with Gasteiger partial charge in [0.25, 0.3) is 0 Å². The van der Waals surface area contributed by atoms with Gasteiger partial charge in [0.15, 0.2) is 0 Å². The molecule has 0 aliphatic heterocycles. The molecule has 0 bridgehead atoms. The lowest BCUT2D eigenvalue weighted by atomic mass is 10.0. The van der Waals surface area contributed by atoms with E-state index in [1.807, 2.05) is 6.07 Å². The van der Waals surface area contributed by atoms with Crippen LogP contribution >= 0.6 is 11.3 Å². The number of hydrogen-bond acceptors (Lipinski definition) is 6. The Balaban J connectivity index is 2.19. The van der Waals surface area contributed by atoms with Crippen LogP contribution in [-0.2, 0) is 4.74 Å². The maximum absolute atomic E-state index is 11.8. The van der Waals surface area contributed by atoms with E-state index in [0.29, 0.717) is 20.9 Å². The van der Waals surface area contributed by atoms with Crippen molar-refractivity contribution in [2.24, 2.45) is 5.41 Å². The van der Waals surface area contributed by atoms with Gasteiger partial charge < -0.3 is 15.8 Å². The number of anilines is 2. The highest BCUT2D eigenvalue weighted by molar-refractivity contribution is 7.17. The maximum atomic E-state index is 11.8. The number of methoxy groups -OCH3 is 1. The molecule has 2 rings (SSSR count). The van der Waals surface area contributed by atoms with Gasteiger partial charge in [0.1, 0.15) is 21.5 Å². The zero-order chi connectivity index (χ0) is 14.8. The number of hydrogen-bond donors (Lipinski definition) is 2. The number of rotatable bonds is 6. The molecule has 3 N–H and O–H groups in total. The van der Waals surface area contributed by atoms with Gasteiger partial charge in [0, 0.05) is 6.54 Å². The first-order valence-electron chi connectivity index (χ1n) is 6.71. The first-order valence-corrected chi connectivity index (χ1v) is 7.53. The third-order valence-electron chi connectivity index (χ3n) is 3.80. The van der Waals surface area contributed by atoms with Crippen molar-refractivity contribution in [3.8, 4) is 6.07 Å². The maximum Gasteiger partial charge on any atom is 0.343 e. The average molecular weight is 293 g/mol. The van der Waals surface area contributed by atoms with E-state index >= 15 is 0 Å². The zero-order valence-electron chi connectivity index (χ0n) is 11.8. The predicted octanol–water partition coefficient (Wildman–Crippen LogP) is 2.98. The lowest BCUT2D eigenvalue weighted by Crippen LogP contribution is -2.16. The van der Waals surface area contributed by atoms with Crippen LogP contribution < -0.4 is 11.1 Å². The number of esters is 1. The molecule has 0 atom stereocenters. The van der Waals surface area contributed by atoms with Gasteiger partial charge in [-0.2, -0.15) is 5.26 Å². The van der Waals surface area contributed by atoms with Crippen LogP contribution in [0.2, 0.25) is 0 Å². The molecule has 1 aromatic rings. The molecule has 5 nitrogen and oxygen atoms in total. The molecule has 108 valence electrons. The summed E-state index contributed by atoms with van der Waals surface area (Å²) < 4.78 is 4.75. The van der Waals surface area contributed by atoms with Crippen molar-refractivity contribution in [3.63, 3.8) is 0 Å². The van der Waals surface area contributed by atoms with E-state index in [1.54, 1.807) is 0 Å². The van der Waals surface area contributed by atoms with Gasteiger partial charge in [-0.25, -0.2) is 4.79 Å². The summed E-state index contributed by atoms with van der Waals surface area (Å²) in [7, 11) is 1.31. The number of nitriles is 1. The second-order valence-electron chi connectivity index (χ2n) is 5.26. The molecule has 0 aromatic carbocycles. The smallest absolute Gasteiger partial charge is 0.343 e. The van der Waals surface area contributed by atoms with Gasteiger partial charge in [-0.1, -0.05) is 13.3 Å². The van der Waals surface area contributed by atoms with Crippen molar-refractivity contribution in [3.05, 3.63) is 10.4 Å². The third-order valence-corrected chi connectivity index (χ3v) is 4.87. The number of nitrogens with zero attached hydrogens (tertiary/aromatic N) is 1. The SMILES string of the molecule is CCCC1(CNc2sc(C#N)c(N)c2C(=O)OC)CC1. The molecule has 1 aromatic heterocycles. The van der Waals surface area contributed by atoms with Crippen molar-refractivity contribution < 1.29 is 9.53 Å². The lowest BCUT2D eigenvalue weighted by molar-refractivity contribution is 0.0603. The minimum absolute atomic E-state index is 0.215. The summed E-state index contributed by atoms with van der Waals surface area (Å²) in [6.07, 6.45) is 4.77. The Kier molecular flexibility index (Phi) is 4.19. The Morgan fingerprint density at radius 2 is 2.30 bits per heavy atom. The fraction of sp³-hybridized carbons (Fsp3) is 0.571. The van der Waals surface area contributed by atoms with E-state index in [2.05, 4.69) is 12.2 Å². The molecule has 6 heteroatoms. The van der Waals surface area contributed by atoms with Crippen LogP contribution in [0.15, 0.2) is 0 Å². The topological polar surface area (TPSA) is 88.1 Å². The number of ether oxygens (including phenoxy) is 1. The first kappa shape index (κ1) is 14.7. The minimum atomic E-state index is -0.497. The second kappa shape index (κ2) is 5.71. The molecular weight excluding hydrogens is 274 g/mol. The molecule has 0 amide bonds. The van der Waals surface area contributed by atoms with Crippen molar-refractivity contribution in [1.29, 1.82) is 5.26 Å². The third kappa shape index (κ3) is 2.73. The summed E-state index contributed by atoms with van der Waals surface area (Å²) in [5, 5.41) is 13.0. The number of nitrogen functional groups attached to an aromatic ring is 1. The fourth-order valence-electron chi connectivity index (χ4n) is 2.45. The summed E-state index contributed by atoms with van der Waals surface area (Å²) in [4.78, 5) is 12.2. The van der Waals surface area contributed by atoms with Crippen LogP contribution in [0.25, 0.3) is 0 Å². The van der Waals surface area contributed by atoms with Gasteiger partial charge in [-0.3, -0.25) is 0 Å². The van der Waals surface area contributed by atoms with Crippen LogP contribution in [0.4, 0.5) is 10.7 Å². The Morgan fingerprint density at radius 1 is 1.60 bits per heavy atom. The predicted molar refractivity (Wildman–Crippen MR) is 79.9 cm³/mol. The van der Waals surface area contributed by atoms with Crippen LogP contribution in [0.3, 0.4) is 0 Å². The molecule has 0 unspecified atom stereocenters. The summed E-state index contributed by atoms with van der Waals surface area (Å²) in [6, 6.07) is 2.02. The summed E-state index contributed by atoms with van der Waals surface area (Å²) in [5.41, 5.74) is 6.71. The summed E-state index contributed by atoms with van der Waals surface area (Å²) in [5.74, 6) is -0.497. The van der Waals surface area contributed by atoms with E-state index in [9.17, 15) is 4.79 Å². The van der Waals surface area contributed by atoms with E-state index in [4.69, 9.17) is 15.7 Å². The van der Waals surface area contributed by atoms with Crippen LogP contribution in [-0.4, -0.2) is 19.6 Å². The fourth-order valence-corrected chi connectivity index (χ4v) is 3.35. The van der Waals surface area contributed by atoms with Crippen molar-refractivity contribution >= 4 is 28.0 Å². The first-order chi connectivity index (χ1) is 9.56. The van der Waals surface area contributed by atoms with E-state index in [-0.39, 0.29) is 5.69 Å². The number of carbonyl (C=O) groups excluding carboxylic acids is 1. The van der Waals surface area contributed by atoms with E-state index < -0.39 is 5.97 Å². The highest BCUT2D eigenvalue weighted by atomic mass is 32.1. The van der Waals surface area contributed by atoms with E-state index in [0.717, 1.165) is 13.0 Å². The molecule has 20 heavy (non-hydrogen) atoms. The molecule has 1 aliphatic rings. The standard InChI is InChI=1S/C14H19N3O2S/c1-3-4-14(5-6-14)8-17-12-10(13(18)19-2)11(16)9(7-15)20-12/h17H,3-6,8,16H2,1-2H3. The van der Waals surface area contributed by atoms with Crippen molar-refractivity contribution in [1.82, 2.24) is 0 Å². The quantitative estimate of drug-likeness (QED) is 0.787. The normalized spacial score (nSPS) is 15.4. The van der Waals surface area contributed by atoms with Gasteiger partial charge >= 0.3 is 5.97 Å². The van der Waals surface area contributed by atoms with Crippen molar-refractivity contribution in [2.75, 3.05) is 24.7 Å². The molecule has 1 heterocycles. The highest BCUT2D eigenvalue weighted by Gasteiger charge is 2.41. The number of carbonyl (C=O) groups is 1. The molecule has 1 saturated carbocycles. The lowest BCUT2D eigenvalue weighted by Gasteiger charge is -2.15. The number of nitrogens with one attached hydrogen (secondary N) is 1. The Hall–Kier alpha value is -1.74. The van der Waals surface area contributed by atoms with Gasteiger partial charge in [-0.05, 0) is 24.7 Å². The zero-order valence-corrected chi connectivity index (χ0v) is 12.6. The van der Waals surface area contributed by atoms with Gasteiger partial charge in [0.2, 0.25) is 0 Å². The molecule has 0 saturated heterocycles. The summed E-state index contributed by atoms with van der Waals surface area (Å²) in [6.45, 7) is 2.99. The van der Waals surface area contributed by atoms with Crippen molar-refractivity contribution in [2.45, 2.75) is 32.6 Å².